The van der Waals surface area contributed by atoms with Crippen LogP contribution in [0.3, 0.4) is 0 Å². The fraction of sp³-hybridized carbons (Fsp3) is 0.444. The number of pyridine rings is 1. The Labute approximate surface area is 93.8 Å². The third kappa shape index (κ3) is 3.30. The zero-order valence-electron chi connectivity index (χ0n) is 8.26. The lowest BCUT2D eigenvalue weighted by molar-refractivity contribution is -0.0252. The summed E-state index contributed by atoms with van der Waals surface area (Å²) in [5.41, 5.74) is -0.327. The van der Waals surface area contributed by atoms with Crippen LogP contribution in [0, 0.1) is 0 Å². The molecule has 0 amide bonds. The van der Waals surface area contributed by atoms with E-state index >= 15 is 0 Å². The Morgan fingerprint density at radius 2 is 2.13 bits per heavy atom. The van der Waals surface area contributed by atoms with E-state index in [1.54, 1.807) is 0 Å². The third-order valence-electron chi connectivity index (χ3n) is 1.69. The van der Waals surface area contributed by atoms with Gasteiger partial charge in [-0.3, -0.25) is 9.36 Å². The van der Waals surface area contributed by atoms with Crippen molar-refractivity contribution in [2.45, 2.75) is 12.8 Å². The molecule has 0 saturated carbocycles. The van der Waals surface area contributed by atoms with Crippen molar-refractivity contribution >= 4 is 15.9 Å². The molecule has 1 heterocycles. The zero-order chi connectivity index (χ0) is 11.6. The van der Waals surface area contributed by atoms with Gasteiger partial charge in [0.25, 0.3) is 11.5 Å². The number of aromatic nitrogens is 1. The number of hydrogen-bond donors (Lipinski definition) is 0. The van der Waals surface area contributed by atoms with Crippen LogP contribution in [0.1, 0.15) is 6.92 Å². The van der Waals surface area contributed by atoms with Crippen molar-refractivity contribution in [1.29, 1.82) is 0 Å². The van der Waals surface area contributed by atoms with Gasteiger partial charge >= 0.3 is 0 Å². The number of hydrogen-bond acceptors (Lipinski definition) is 2. The minimum Gasteiger partial charge on any atom is -0.472 e. The molecule has 0 aliphatic carbocycles. The van der Waals surface area contributed by atoms with Crippen LogP contribution in [0.4, 0.5) is 8.78 Å². The predicted molar refractivity (Wildman–Crippen MR) is 55.5 cm³/mol. The lowest BCUT2D eigenvalue weighted by Gasteiger charge is -2.14. The van der Waals surface area contributed by atoms with Gasteiger partial charge in [-0.2, -0.15) is 0 Å². The van der Waals surface area contributed by atoms with Crippen LogP contribution in [0.25, 0.3) is 0 Å². The highest BCUT2D eigenvalue weighted by Gasteiger charge is 2.22. The summed E-state index contributed by atoms with van der Waals surface area (Å²) in [6.07, 6.45) is 0. The Balaban J connectivity index is 2.89. The van der Waals surface area contributed by atoms with Crippen LogP contribution in [0.2, 0.25) is 0 Å². The van der Waals surface area contributed by atoms with E-state index in [2.05, 4.69) is 15.9 Å². The van der Waals surface area contributed by atoms with Gasteiger partial charge in [-0.25, -0.2) is 8.78 Å². The predicted octanol–water partition coefficient (Wildman–Crippen LogP) is 2.18. The van der Waals surface area contributed by atoms with Crippen LogP contribution in [0.5, 0.6) is 5.88 Å². The summed E-state index contributed by atoms with van der Waals surface area (Å²) in [7, 11) is 1.45. The van der Waals surface area contributed by atoms with E-state index in [4.69, 9.17) is 4.74 Å². The van der Waals surface area contributed by atoms with E-state index in [1.807, 2.05) is 0 Å². The summed E-state index contributed by atoms with van der Waals surface area (Å²) in [4.78, 5) is 11.4. The minimum absolute atomic E-state index is 0.115. The molecule has 1 rings (SSSR count). The Morgan fingerprint density at radius 3 is 2.67 bits per heavy atom. The van der Waals surface area contributed by atoms with Crippen molar-refractivity contribution in [2.24, 2.45) is 7.05 Å². The number of alkyl halides is 2. The first-order valence-electron chi connectivity index (χ1n) is 4.17. The molecule has 0 bridgehead atoms. The summed E-state index contributed by atoms with van der Waals surface area (Å²) in [6, 6.07) is 2.92. The minimum atomic E-state index is -2.91. The van der Waals surface area contributed by atoms with E-state index in [9.17, 15) is 13.6 Å². The molecule has 0 aliphatic rings. The molecular weight excluding hydrogens is 272 g/mol. The van der Waals surface area contributed by atoms with Gasteiger partial charge in [0.1, 0.15) is 0 Å². The topological polar surface area (TPSA) is 31.2 Å². The summed E-state index contributed by atoms with van der Waals surface area (Å²) < 4.78 is 31.3. The second-order valence-corrected chi connectivity index (χ2v) is 4.10. The lowest BCUT2D eigenvalue weighted by Crippen LogP contribution is -2.25. The highest BCUT2D eigenvalue weighted by Crippen LogP contribution is 2.16. The molecule has 0 spiro atoms. The molecule has 3 nitrogen and oxygen atoms in total. The van der Waals surface area contributed by atoms with Crippen molar-refractivity contribution in [3.8, 4) is 5.88 Å². The number of ether oxygens (including phenoxy) is 1. The summed E-state index contributed by atoms with van der Waals surface area (Å²) >= 11 is 3.03. The quantitative estimate of drug-likeness (QED) is 0.851. The average Bonchev–Trinajstić information content (AvgIpc) is 2.12. The normalized spacial score (nSPS) is 11.5. The molecule has 0 atom stereocenters. The van der Waals surface area contributed by atoms with Crippen LogP contribution in [-0.2, 0) is 7.05 Å². The first-order chi connectivity index (χ1) is 6.81. The molecule has 1 aromatic heterocycles. The summed E-state index contributed by atoms with van der Waals surface area (Å²) in [6.45, 7) is 0.00583. The fourth-order valence-electron chi connectivity index (χ4n) is 0.933. The Hall–Kier alpha value is -0.910. The first kappa shape index (κ1) is 12.2. The molecule has 1 aromatic rings. The van der Waals surface area contributed by atoms with Crippen LogP contribution >= 0.6 is 15.9 Å². The van der Waals surface area contributed by atoms with Gasteiger partial charge in [0, 0.05) is 14.0 Å². The van der Waals surface area contributed by atoms with Gasteiger partial charge in [-0.1, -0.05) is 0 Å². The van der Waals surface area contributed by atoms with Gasteiger partial charge < -0.3 is 4.74 Å². The highest BCUT2D eigenvalue weighted by molar-refractivity contribution is 9.10. The molecule has 0 aliphatic heterocycles. The molecule has 0 saturated heterocycles. The van der Waals surface area contributed by atoms with Crippen LogP contribution < -0.4 is 10.3 Å². The SMILES string of the molecule is Cn1c(OCC(C)(F)F)ccc(Br)c1=O. The third-order valence-corrected chi connectivity index (χ3v) is 2.29. The van der Waals surface area contributed by atoms with Gasteiger partial charge in [0.05, 0.1) is 4.47 Å². The number of nitrogens with zero attached hydrogens (tertiary/aromatic N) is 1. The second-order valence-electron chi connectivity index (χ2n) is 3.24. The fourth-order valence-corrected chi connectivity index (χ4v) is 1.33. The van der Waals surface area contributed by atoms with Gasteiger partial charge in [-0.05, 0) is 28.1 Å². The van der Waals surface area contributed by atoms with E-state index in [1.165, 1.54) is 19.2 Å². The summed E-state index contributed by atoms with van der Waals surface area (Å²) in [5.74, 6) is -2.80. The molecular formula is C9H10BrF2NO2. The second kappa shape index (κ2) is 4.30. The van der Waals surface area contributed by atoms with Crippen molar-refractivity contribution in [3.05, 3.63) is 27.0 Å². The van der Waals surface area contributed by atoms with Crippen molar-refractivity contribution < 1.29 is 13.5 Å². The van der Waals surface area contributed by atoms with E-state index in [0.29, 0.717) is 4.47 Å². The summed E-state index contributed by atoms with van der Waals surface area (Å²) in [5, 5.41) is 0. The van der Waals surface area contributed by atoms with Crippen molar-refractivity contribution in [2.75, 3.05) is 6.61 Å². The van der Waals surface area contributed by atoms with E-state index in [0.717, 1.165) is 11.5 Å². The maximum Gasteiger partial charge on any atom is 0.278 e. The highest BCUT2D eigenvalue weighted by atomic mass is 79.9. The maximum atomic E-state index is 12.5. The van der Waals surface area contributed by atoms with E-state index in [-0.39, 0.29) is 11.4 Å². The molecule has 0 fully saturated rings. The Bertz CT molecular complexity index is 412. The number of rotatable bonds is 3. The van der Waals surface area contributed by atoms with Crippen molar-refractivity contribution in [1.82, 2.24) is 4.57 Å². The van der Waals surface area contributed by atoms with Gasteiger partial charge in [0.2, 0.25) is 0 Å². The smallest absolute Gasteiger partial charge is 0.278 e. The molecule has 15 heavy (non-hydrogen) atoms. The van der Waals surface area contributed by atoms with Gasteiger partial charge in [0.15, 0.2) is 12.5 Å². The van der Waals surface area contributed by atoms with Crippen LogP contribution in [-0.4, -0.2) is 17.1 Å². The molecule has 0 aromatic carbocycles. The zero-order valence-corrected chi connectivity index (χ0v) is 9.85. The molecule has 6 heteroatoms. The van der Waals surface area contributed by atoms with E-state index < -0.39 is 12.5 Å². The van der Waals surface area contributed by atoms with Crippen LogP contribution in [0.15, 0.2) is 21.4 Å². The molecule has 0 radical (unpaired) electrons. The van der Waals surface area contributed by atoms with Crippen molar-refractivity contribution in [3.63, 3.8) is 0 Å². The first-order valence-corrected chi connectivity index (χ1v) is 4.97. The number of halogens is 3. The Kier molecular flexibility index (Phi) is 3.49. The monoisotopic (exact) mass is 281 g/mol. The average molecular weight is 282 g/mol. The molecule has 0 unspecified atom stereocenters. The largest absolute Gasteiger partial charge is 0.472 e. The van der Waals surface area contributed by atoms with Gasteiger partial charge in [-0.15, -0.1) is 0 Å². The Morgan fingerprint density at radius 1 is 1.53 bits per heavy atom. The lowest BCUT2D eigenvalue weighted by atomic mass is 10.4. The molecule has 84 valence electrons. The maximum absolute atomic E-state index is 12.5. The standard InChI is InChI=1S/C9H10BrF2NO2/c1-9(11,12)5-15-7-4-3-6(10)8(14)13(7)2/h3-4H,5H2,1-2H3. The molecule has 0 N–H and O–H groups in total.